The molecular weight excluding hydrogens is 224 g/mol. The van der Waals surface area contributed by atoms with Gasteiger partial charge in [0.05, 0.1) is 6.61 Å². The Labute approximate surface area is 99.3 Å². The molecule has 94 valence electrons. The predicted molar refractivity (Wildman–Crippen MR) is 59.4 cm³/mol. The van der Waals surface area contributed by atoms with Crippen LogP contribution in [0.25, 0.3) is 0 Å². The van der Waals surface area contributed by atoms with Crippen molar-refractivity contribution in [3.63, 3.8) is 0 Å². The van der Waals surface area contributed by atoms with Crippen molar-refractivity contribution < 1.29 is 18.8 Å². The highest BCUT2D eigenvalue weighted by Gasteiger charge is 2.10. The molecule has 0 aliphatic heterocycles. The zero-order valence-electron chi connectivity index (χ0n) is 9.99. The molecule has 0 fully saturated rings. The fourth-order valence-corrected chi connectivity index (χ4v) is 1.23. The van der Waals surface area contributed by atoms with E-state index in [1.807, 2.05) is 0 Å². The number of carbonyl (C=O) groups is 2. The van der Waals surface area contributed by atoms with Gasteiger partial charge < -0.3 is 14.6 Å². The summed E-state index contributed by atoms with van der Waals surface area (Å²) in [5, 5.41) is 6.22. The van der Waals surface area contributed by atoms with Gasteiger partial charge in [0.2, 0.25) is 0 Å². The van der Waals surface area contributed by atoms with Gasteiger partial charge >= 0.3 is 5.97 Å². The van der Waals surface area contributed by atoms with Gasteiger partial charge in [-0.1, -0.05) is 5.16 Å². The summed E-state index contributed by atoms with van der Waals surface area (Å²) in [7, 11) is 0. The molecule has 0 saturated carbocycles. The topological polar surface area (TPSA) is 81.4 Å². The summed E-state index contributed by atoms with van der Waals surface area (Å²) >= 11 is 0. The van der Waals surface area contributed by atoms with Crippen LogP contribution in [0.15, 0.2) is 10.6 Å². The van der Waals surface area contributed by atoms with Crippen LogP contribution in [0.5, 0.6) is 0 Å². The Hall–Kier alpha value is -1.85. The fourth-order valence-electron chi connectivity index (χ4n) is 1.23. The molecule has 0 atom stereocenters. The molecule has 1 N–H and O–H groups in total. The zero-order valence-corrected chi connectivity index (χ0v) is 9.99. The first-order valence-corrected chi connectivity index (χ1v) is 5.50. The highest BCUT2D eigenvalue weighted by atomic mass is 16.5. The number of ether oxygens (including phenoxy) is 1. The van der Waals surface area contributed by atoms with Crippen LogP contribution in [0.1, 0.15) is 36.0 Å². The fraction of sp³-hybridized carbons (Fsp3) is 0.545. The van der Waals surface area contributed by atoms with E-state index < -0.39 is 0 Å². The number of hydrogen-bond acceptors (Lipinski definition) is 5. The molecule has 0 aliphatic carbocycles. The first kappa shape index (κ1) is 13.2. The first-order valence-electron chi connectivity index (χ1n) is 5.50. The van der Waals surface area contributed by atoms with E-state index in [1.165, 1.54) is 0 Å². The number of nitrogens with zero attached hydrogens (tertiary/aromatic N) is 1. The van der Waals surface area contributed by atoms with E-state index in [-0.39, 0.29) is 17.6 Å². The van der Waals surface area contributed by atoms with E-state index in [0.29, 0.717) is 31.8 Å². The largest absolute Gasteiger partial charge is 0.466 e. The van der Waals surface area contributed by atoms with Gasteiger partial charge in [-0.25, -0.2) is 0 Å². The number of rotatable bonds is 6. The standard InChI is InChI=1S/C11H16N2O4/c1-3-16-10(14)5-4-6-12-11(15)9-7-8(2)17-13-9/h7H,3-6H2,1-2H3,(H,12,15). The van der Waals surface area contributed by atoms with Crippen LogP contribution < -0.4 is 5.32 Å². The van der Waals surface area contributed by atoms with Crippen molar-refractivity contribution in [2.24, 2.45) is 0 Å². The Bertz CT molecular complexity index is 387. The monoisotopic (exact) mass is 240 g/mol. The molecule has 0 bridgehead atoms. The molecule has 0 aliphatic rings. The van der Waals surface area contributed by atoms with E-state index in [4.69, 9.17) is 9.26 Å². The lowest BCUT2D eigenvalue weighted by atomic mass is 10.3. The van der Waals surface area contributed by atoms with Gasteiger partial charge in [0, 0.05) is 19.0 Å². The zero-order chi connectivity index (χ0) is 12.7. The lowest BCUT2D eigenvalue weighted by Crippen LogP contribution is -2.25. The molecule has 0 spiro atoms. The van der Waals surface area contributed by atoms with Crippen molar-refractivity contribution in [2.45, 2.75) is 26.7 Å². The van der Waals surface area contributed by atoms with Crippen LogP contribution in [0.4, 0.5) is 0 Å². The van der Waals surface area contributed by atoms with Gasteiger partial charge in [0.25, 0.3) is 5.91 Å². The second-order valence-electron chi connectivity index (χ2n) is 3.49. The second kappa shape index (κ2) is 6.67. The van der Waals surface area contributed by atoms with Gasteiger partial charge in [-0.15, -0.1) is 0 Å². The van der Waals surface area contributed by atoms with Crippen LogP contribution in [-0.4, -0.2) is 30.2 Å². The molecule has 0 aromatic carbocycles. The molecule has 0 radical (unpaired) electrons. The highest BCUT2D eigenvalue weighted by molar-refractivity contribution is 5.92. The Balaban J connectivity index is 2.19. The molecule has 1 aromatic heterocycles. The molecule has 6 heteroatoms. The van der Waals surface area contributed by atoms with E-state index >= 15 is 0 Å². The number of amides is 1. The third kappa shape index (κ3) is 4.67. The quantitative estimate of drug-likeness (QED) is 0.594. The van der Waals surface area contributed by atoms with Crippen molar-refractivity contribution in [3.05, 3.63) is 17.5 Å². The average Bonchev–Trinajstić information content (AvgIpc) is 2.71. The second-order valence-corrected chi connectivity index (χ2v) is 3.49. The lowest BCUT2D eigenvalue weighted by molar-refractivity contribution is -0.143. The minimum Gasteiger partial charge on any atom is -0.466 e. The molecule has 6 nitrogen and oxygen atoms in total. The van der Waals surface area contributed by atoms with Crippen LogP contribution in [-0.2, 0) is 9.53 Å². The molecule has 0 unspecified atom stereocenters. The van der Waals surface area contributed by atoms with Gasteiger partial charge in [0.1, 0.15) is 5.76 Å². The van der Waals surface area contributed by atoms with Crippen LogP contribution in [0.2, 0.25) is 0 Å². The Morgan fingerprint density at radius 1 is 1.53 bits per heavy atom. The maximum atomic E-state index is 11.5. The number of hydrogen-bond donors (Lipinski definition) is 1. The van der Waals surface area contributed by atoms with E-state index in [1.54, 1.807) is 19.9 Å². The SMILES string of the molecule is CCOC(=O)CCCNC(=O)c1cc(C)on1. The summed E-state index contributed by atoms with van der Waals surface area (Å²) in [6.07, 6.45) is 0.841. The smallest absolute Gasteiger partial charge is 0.305 e. The van der Waals surface area contributed by atoms with Crippen LogP contribution in [0, 0.1) is 6.92 Å². The number of esters is 1. The summed E-state index contributed by atoms with van der Waals surface area (Å²) in [5.41, 5.74) is 0.249. The first-order chi connectivity index (χ1) is 8.13. The van der Waals surface area contributed by atoms with Gasteiger partial charge in [0.15, 0.2) is 5.69 Å². The number of carbonyl (C=O) groups excluding carboxylic acids is 2. The maximum Gasteiger partial charge on any atom is 0.305 e. The van der Waals surface area contributed by atoms with Crippen molar-refractivity contribution in [2.75, 3.05) is 13.2 Å². The molecule has 1 rings (SSSR count). The number of aromatic nitrogens is 1. The molecule has 17 heavy (non-hydrogen) atoms. The molecule has 1 aromatic rings. The van der Waals surface area contributed by atoms with Crippen LogP contribution in [0.3, 0.4) is 0 Å². The highest BCUT2D eigenvalue weighted by Crippen LogP contribution is 2.01. The van der Waals surface area contributed by atoms with E-state index in [9.17, 15) is 9.59 Å². The summed E-state index contributed by atoms with van der Waals surface area (Å²) in [5.74, 6) is 0.0337. The minimum atomic E-state index is -0.300. The van der Waals surface area contributed by atoms with Crippen LogP contribution >= 0.6 is 0 Å². The molecule has 1 heterocycles. The van der Waals surface area contributed by atoms with E-state index in [0.717, 1.165) is 0 Å². The van der Waals surface area contributed by atoms with Gasteiger partial charge in [-0.05, 0) is 20.3 Å². The molecule has 0 saturated heterocycles. The van der Waals surface area contributed by atoms with Gasteiger partial charge in [-0.2, -0.15) is 0 Å². The molecular formula is C11H16N2O4. The summed E-state index contributed by atoms with van der Waals surface area (Å²) in [6.45, 7) is 4.25. The Kier molecular flexibility index (Phi) is 5.19. The van der Waals surface area contributed by atoms with Gasteiger partial charge in [-0.3, -0.25) is 9.59 Å². The summed E-state index contributed by atoms with van der Waals surface area (Å²) in [6, 6.07) is 1.56. The average molecular weight is 240 g/mol. The maximum absolute atomic E-state index is 11.5. The normalized spacial score (nSPS) is 10.0. The summed E-state index contributed by atoms with van der Waals surface area (Å²) < 4.78 is 9.54. The number of nitrogens with one attached hydrogen (secondary N) is 1. The lowest BCUT2D eigenvalue weighted by Gasteiger charge is -2.02. The molecule has 1 amide bonds. The third-order valence-electron chi connectivity index (χ3n) is 2.01. The third-order valence-corrected chi connectivity index (χ3v) is 2.01. The van der Waals surface area contributed by atoms with Crippen molar-refractivity contribution in [3.8, 4) is 0 Å². The number of aryl methyl sites for hydroxylation is 1. The predicted octanol–water partition coefficient (Wildman–Crippen LogP) is 1.06. The minimum absolute atomic E-state index is 0.249. The Morgan fingerprint density at radius 2 is 2.29 bits per heavy atom. The van der Waals surface area contributed by atoms with E-state index in [2.05, 4.69) is 10.5 Å². The summed E-state index contributed by atoms with van der Waals surface area (Å²) in [4.78, 5) is 22.5. The van der Waals surface area contributed by atoms with Crippen molar-refractivity contribution >= 4 is 11.9 Å². The Morgan fingerprint density at radius 3 is 2.88 bits per heavy atom. The van der Waals surface area contributed by atoms with Crippen molar-refractivity contribution in [1.82, 2.24) is 10.5 Å². The van der Waals surface area contributed by atoms with Crippen molar-refractivity contribution in [1.29, 1.82) is 0 Å².